The molecule has 1 aliphatic rings. The van der Waals surface area contributed by atoms with Crippen molar-refractivity contribution in [1.29, 1.82) is 0 Å². The highest BCUT2D eigenvalue weighted by Crippen LogP contribution is 2.32. The molecule has 3 heteroatoms. The van der Waals surface area contributed by atoms with E-state index in [1.54, 1.807) is 19.3 Å². The zero-order chi connectivity index (χ0) is 9.31. The molecule has 0 atom stereocenters. The van der Waals surface area contributed by atoms with Gasteiger partial charge in [-0.25, -0.2) is 0 Å². The Morgan fingerprint density at radius 1 is 1.62 bits per heavy atom. The Morgan fingerprint density at radius 3 is 2.77 bits per heavy atom. The van der Waals surface area contributed by atoms with Crippen LogP contribution in [0.3, 0.4) is 0 Å². The first-order valence-electron chi connectivity index (χ1n) is 4.25. The second-order valence-electron chi connectivity index (χ2n) is 3.37. The summed E-state index contributed by atoms with van der Waals surface area (Å²) in [6.07, 6.45) is 3.45. The summed E-state index contributed by atoms with van der Waals surface area (Å²) in [6.45, 7) is 2.59. The summed E-state index contributed by atoms with van der Waals surface area (Å²) in [7, 11) is 0. The third-order valence-corrected chi connectivity index (χ3v) is 2.58. The minimum atomic E-state index is -0.408. The Morgan fingerprint density at radius 2 is 2.38 bits per heavy atom. The van der Waals surface area contributed by atoms with Gasteiger partial charge in [-0.1, -0.05) is 6.07 Å². The van der Waals surface area contributed by atoms with Gasteiger partial charge < -0.3 is 4.74 Å². The molecule has 1 aliphatic heterocycles. The molecule has 68 valence electrons. The van der Waals surface area contributed by atoms with Gasteiger partial charge in [0.25, 0.3) is 0 Å². The highest BCUT2D eigenvalue weighted by molar-refractivity contribution is 5.89. The molecular formula is C10H11NO2. The van der Waals surface area contributed by atoms with Gasteiger partial charge in [-0.05, 0) is 18.6 Å². The highest BCUT2D eigenvalue weighted by Gasteiger charge is 2.44. The fraction of sp³-hybridized carbons (Fsp3) is 0.400. The molecule has 0 N–H and O–H groups in total. The summed E-state index contributed by atoms with van der Waals surface area (Å²) in [5.41, 5.74) is 0.558. The standard InChI is InChI=1S/C10H11NO2/c1-8(12)10(6-13-7-10)9-3-2-4-11-5-9/h2-5H,6-7H2,1H3. The number of rotatable bonds is 2. The second-order valence-corrected chi connectivity index (χ2v) is 3.37. The second kappa shape index (κ2) is 2.92. The first-order valence-corrected chi connectivity index (χ1v) is 4.25. The number of Topliss-reactive ketones (excluding diaryl/α,β-unsaturated/α-hetero) is 1. The zero-order valence-electron chi connectivity index (χ0n) is 7.49. The lowest BCUT2D eigenvalue weighted by molar-refractivity contribution is -0.140. The van der Waals surface area contributed by atoms with E-state index in [-0.39, 0.29) is 5.78 Å². The van der Waals surface area contributed by atoms with Crippen LogP contribution in [0.4, 0.5) is 0 Å². The Bertz CT molecular complexity index is 317. The van der Waals surface area contributed by atoms with E-state index in [4.69, 9.17) is 4.74 Å². The van der Waals surface area contributed by atoms with E-state index in [1.165, 1.54) is 0 Å². The van der Waals surface area contributed by atoms with Crippen molar-refractivity contribution in [2.45, 2.75) is 12.3 Å². The molecule has 13 heavy (non-hydrogen) atoms. The van der Waals surface area contributed by atoms with E-state index in [0.29, 0.717) is 13.2 Å². The minimum Gasteiger partial charge on any atom is -0.378 e. The summed E-state index contributed by atoms with van der Waals surface area (Å²) < 4.78 is 5.11. The molecule has 1 saturated heterocycles. The highest BCUT2D eigenvalue weighted by atomic mass is 16.5. The van der Waals surface area contributed by atoms with Gasteiger partial charge in [0.1, 0.15) is 11.2 Å². The molecule has 0 amide bonds. The fourth-order valence-electron chi connectivity index (χ4n) is 1.53. The van der Waals surface area contributed by atoms with Crippen LogP contribution in [-0.2, 0) is 14.9 Å². The van der Waals surface area contributed by atoms with Crippen molar-refractivity contribution in [2.75, 3.05) is 13.2 Å². The van der Waals surface area contributed by atoms with Crippen LogP contribution in [0.15, 0.2) is 24.5 Å². The van der Waals surface area contributed by atoms with Gasteiger partial charge in [0, 0.05) is 12.4 Å². The topological polar surface area (TPSA) is 39.2 Å². The lowest BCUT2D eigenvalue weighted by atomic mass is 9.76. The number of hydrogen-bond donors (Lipinski definition) is 0. The van der Waals surface area contributed by atoms with E-state index in [2.05, 4.69) is 4.98 Å². The number of aromatic nitrogens is 1. The van der Waals surface area contributed by atoms with Crippen molar-refractivity contribution in [2.24, 2.45) is 0 Å². The fourth-order valence-corrected chi connectivity index (χ4v) is 1.53. The molecule has 0 saturated carbocycles. The van der Waals surface area contributed by atoms with E-state index in [0.717, 1.165) is 5.56 Å². The molecule has 1 aromatic heterocycles. The quantitative estimate of drug-likeness (QED) is 0.674. The summed E-state index contributed by atoms with van der Waals surface area (Å²) in [4.78, 5) is 15.4. The van der Waals surface area contributed by atoms with Crippen molar-refractivity contribution in [3.05, 3.63) is 30.1 Å². The van der Waals surface area contributed by atoms with Crippen LogP contribution in [-0.4, -0.2) is 24.0 Å². The summed E-state index contributed by atoms with van der Waals surface area (Å²) in [6, 6.07) is 3.77. The Balaban J connectivity index is 2.38. The first-order chi connectivity index (χ1) is 6.26. The zero-order valence-corrected chi connectivity index (χ0v) is 7.49. The van der Waals surface area contributed by atoms with E-state index in [9.17, 15) is 4.79 Å². The summed E-state index contributed by atoms with van der Waals surface area (Å²) >= 11 is 0. The third kappa shape index (κ3) is 1.16. The van der Waals surface area contributed by atoms with Gasteiger partial charge in [-0.3, -0.25) is 9.78 Å². The number of pyridine rings is 1. The van der Waals surface area contributed by atoms with Gasteiger partial charge in [0.2, 0.25) is 0 Å². The van der Waals surface area contributed by atoms with Crippen LogP contribution in [0.5, 0.6) is 0 Å². The van der Waals surface area contributed by atoms with E-state index >= 15 is 0 Å². The smallest absolute Gasteiger partial charge is 0.145 e. The number of ketones is 1. The average molecular weight is 177 g/mol. The van der Waals surface area contributed by atoms with Crippen LogP contribution < -0.4 is 0 Å². The van der Waals surface area contributed by atoms with Crippen molar-refractivity contribution in [3.8, 4) is 0 Å². The predicted molar refractivity (Wildman–Crippen MR) is 47.4 cm³/mol. The molecule has 0 aromatic carbocycles. The lowest BCUT2D eigenvalue weighted by Gasteiger charge is -2.39. The molecule has 0 spiro atoms. The molecule has 3 nitrogen and oxygen atoms in total. The molecule has 1 aromatic rings. The minimum absolute atomic E-state index is 0.159. The largest absolute Gasteiger partial charge is 0.378 e. The maximum atomic E-state index is 11.4. The number of nitrogens with zero attached hydrogens (tertiary/aromatic N) is 1. The van der Waals surface area contributed by atoms with Crippen molar-refractivity contribution < 1.29 is 9.53 Å². The Kier molecular flexibility index (Phi) is 1.88. The monoisotopic (exact) mass is 177 g/mol. The Labute approximate surface area is 76.7 Å². The maximum Gasteiger partial charge on any atom is 0.145 e. The molecule has 2 heterocycles. The van der Waals surface area contributed by atoms with Crippen LogP contribution in [0.25, 0.3) is 0 Å². The van der Waals surface area contributed by atoms with Gasteiger partial charge in [-0.2, -0.15) is 0 Å². The number of carbonyl (C=O) groups excluding carboxylic acids is 1. The van der Waals surface area contributed by atoms with Gasteiger partial charge in [-0.15, -0.1) is 0 Å². The van der Waals surface area contributed by atoms with Crippen LogP contribution in [0.2, 0.25) is 0 Å². The number of carbonyl (C=O) groups is 1. The van der Waals surface area contributed by atoms with Gasteiger partial charge >= 0.3 is 0 Å². The van der Waals surface area contributed by atoms with E-state index < -0.39 is 5.41 Å². The van der Waals surface area contributed by atoms with Crippen LogP contribution in [0, 0.1) is 0 Å². The lowest BCUT2D eigenvalue weighted by Crippen LogP contribution is -2.52. The molecule has 0 bridgehead atoms. The predicted octanol–water partition coefficient (Wildman–Crippen LogP) is 0.939. The summed E-state index contributed by atoms with van der Waals surface area (Å²) in [5.74, 6) is 0.159. The van der Waals surface area contributed by atoms with Crippen molar-refractivity contribution in [3.63, 3.8) is 0 Å². The first kappa shape index (κ1) is 8.38. The maximum absolute atomic E-state index is 11.4. The van der Waals surface area contributed by atoms with E-state index in [1.807, 2.05) is 12.1 Å². The van der Waals surface area contributed by atoms with Gasteiger partial charge in [0.15, 0.2) is 0 Å². The normalized spacial score (nSPS) is 19.2. The molecule has 0 aliphatic carbocycles. The molecule has 0 radical (unpaired) electrons. The summed E-state index contributed by atoms with van der Waals surface area (Å²) in [5, 5.41) is 0. The molecule has 1 fully saturated rings. The average Bonchev–Trinajstić information content (AvgIpc) is 2.03. The van der Waals surface area contributed by atoms with Gasteiger partial charge in [0.05, 0.1) is 13.2 Å². The van der Waals surface area contributed by atoms with Crippen molar-refractivity contribution >= 4 is 5.78 Å². The molecule has 2 rings (SSSR count). The van der Waals surface area contributed by atoms with Crippen molar-refractivity contribution in [1.82, 2.24) is 4.98 Å². The SMILES string of the molecule is CC(=O)C1(c2cccnc2)COC1. The number of hydrogen-bond acceptors (Lipinski definition) is 3. The molecule has 0 unspecified atom stereocenters. The van der Waals surface area contributed by atoms with Crippen LogP contribution >= 0.6 is 0 Å². The third-order valence-electron chi connectivity index (χ3n) is 2.58. The van der Waals surface area contributed by atoms with Crippen LogP contribution in [0.1, 0.15) is 12.5 Å². The Hall–Kier alpha value is -1.22. The molecular weight excluding hydrogens is 166 g/mol. The number of ether oxygens (including phenoxy) is 1.